The maximum absolute atomic E-state index is 10.2. The first-order valence-electron chi connectivity index (χ1n) is 4.72. The van der Waals surface area contributed by atoms with E-state index < -0.39 is 0 Å². The average Bonchev–Trinajstić information content (AvgIpc) is 2.03. The van der Waals surface area contributed by atoms with Gasteiger partial charge in [0.25, 0.3) is 6.47 Å². The smallest absolute Gasteiger partial charge is 0.294 e. The Labute approximate surface area is 79.2 Å². The Kier molecular flexibility index (Phi) is 3.69. The van der Waals surface area contributed by atoms with Gasteiger partial charge in [-0.25, -0.2) is 0 Å². The van der Waals surface area contributed by atoms with Crippen LogP contribution >= 0.6 is 0 Å². The lowest BCUT2D eigenvalue weighted by Crippen LogP contribution is -2.56. The van der Waals surface area contributed by atoms with Gasteiger partial charge in [-0.1, -0.05) is 0 Å². The highest BCUT2D eigenvalue weighted by atomic mass is 16.5. The van der Waals surface area contributed by atoms with E-state index in [1.165, 1.54) is 0 Å². The molecule has 1 fully saturated rings. The van der Waals surface area contributed by atoms with Gasteiger partial charge in [-0.05, 0) is 20.8 Å². The molecule has 3 unspecified atom stereocenters. The van der Waals surface area contributed by atoms with Crippen molar-refractivity contribution in [1.29, 1.82) is 0 Å². The third-order valence-electron chi connectivity index (χ3n) is 2.35. The minimum atomic E-state index is -0.107. The molecule has 4 nitrogen and oxygen atoms in total. The summed E-state index contributed by atoms with van der Waals surface area (Å²) >= 11 is 0. The predicted molar refractivity (Wildman–Crippen MR) is 50.2 cm³/mol. The third kappa shape index (κ3) is 2.97. The van der Waals surface area contributed by atoms with E-state index in [0.717, 1.165) is 13.1 Å². The van der Waals surface area contributed by atoms with Gasteiger partial charge in [-0.3, -0.25) is 9.69 Å². The van der Waals surface area contributed by atoms with Crippen molar-refractivity contribution in [3.63, 3.8) is 0 Å². The molecule has 0 aliphatic carbocycles. The second-order valence-electron chi connectivity index (χ2n) is 3.75. The molecule has 13 heavy (non-hydrogen) atoms. The van der Waals surface area contributed by atoms with E-state index in [-0.39, 0.29) is 6.23 Å². The van der Waals surface area contributed by atoms with Crippen LogP contribution in [0, 0.1) is 0 Å². The largest absolute Gasteiger partial charge is 0.449 e. The first-order chi connectivity index (χ1) is 6.13. The monoisotopic (exact) mass is 186 g/mol. The highest BCUT2D eigenvalue weighted by molar-refractivity contribution is 5.37. The third-order valence-corrected chi connectivity index (χ3v) is 2.35. The molecule has 0 spiro atoms. The molecule has 0 bridgehead atoms. The second kappa shape index (κ2) is 4.58. The van der Waals surface area contributed by atoms with Crippen molar-refractivity contribution in [1.82, 2.24) is 10.2 Å². The number of nitrogens with zero attached hydrogens (tertiary/aromatic N) is 1. The van der Waals surface area contributed by atoms with Crippen molar-refractivity contribution in [2.45, 2.75) is 39.1 Å². The Morgan fingerprint density at radius 3 is 2.46 bits per heavy atom. The highest BCUT2D eigenvalue weighted by Gasteiger charge is 2.24. The van der Waals surface area contributed by atoms with E-state index in [1.54, 1.807) is 0 Å². The number of carbonyl (C=O) groups excluding carboxylic acids is 1. The van der Waals surface area contributed by atoms with Crippen LogP contribution in [0.3, 0.4) is 0 Å². The van der Waals surface area contributed by atoms with E-state index >= 15 is 0 Å². The summed E-state index contributed by atoms with van der Waals surface area (Å²) in [4.78, 5) is 12.3. The zero-order valence-electron chi connectivity index (χ0n) is 8.49. The lowest BCUT2D eigenvalue weighted by atomic mass is 10.1. The molecule has 0 radical (unpaired) electrons. The van der Waals surface area contributed by atoms with E-state index in [1.807, 2.05) is 6.92 Å². The van der Waals surface area contributed by atoms with E-state index in [0.29, 0.717) is 18.6 Å². The molecule has 1 saturated heterocycles. The van der Waals surface area contributed by atoms with Crippen LogP contribution in [-0.2, 0) is 9.53 Å². The van der Waals surface area contributed by atoms with Crippen LogP contribution in [0.25, 0.3) is 0 Å². The van der Waals surface area contributed by atoms with Gasteiger partial charge < -0.3 is 10.1 Å². The average molecular weight is 186 g/mol. The minimum Gasteiger partial charge on any atom is -0.449 e. The molecule has 1 heterocycles. The SMILES string of the molecule is CC1CN(C(C)OC=O)CC(C)N1. The standard InChI is InChI=1S/C9H18N2O2/c1-7-4-11(5-8(2)10-7)9(3)13-6-12/h6-10H,4-5H2,1-3H3. The van der Waals surface area contributed by atoms with Crippen molar-refractivity contribution >= 4 is 6.47 Å². The Hall–Kier alpha value is -0.610. The fourth-order valence-electron chi connectivity index (χ4n) is 1.83. The van der Waals surface area contributed by atoms with E-state index in [2.05, 4.69) is 24.1 Å². The van der Waals surface area contributed by atoms with Crippen LogP contribution in [-0.4, -0.2) is 42.8 Å². The van der Waals surface area contributed by atoms with Gasteiger partial charge in [-0.15, -0.1) is 0 Å². The summed E-state index contributed by atoms with van der Waals surface area (Å²) in [6, 6.07) is 0.919. The fraction of sp³-hybridized carbons (Fsp3) is 0.889. The van der Waals surface area contributed by atoms with Crippen molar-refractivity contribution in [3.8, 4) is 0 Å². The van der Waals surface area contributed by atoms with Crippen LogP contribution in [0.2, 0.25) is 0 Å². The second-order valence-corrected chi connectivity index (χ2v) is 3.75. The summed E-state index contributed by atoms with van der Waals surface area (Å²) in [7, 11) is 0. The summed E-state index contributed by atoms with van der Waals surface area (Å²) in [5.41, 5.74) is 0. The first kappa shape index (κ1) is 10.5. The number of ether oxygens (including phenoxy) is 1. The molecule has 76 valence electrons. The summed E-state index contributed by atoms with van der Waals surface area (Å²) < 4.78 is 4.90. The molecule has 0 aromatic rings. The van der Waals surface area contributed by atoms with Crippen LogP contribution in [0.1, 0.15) is 20.8 Å². The van der Waals surface area contributed by atoms with Crippen LogP contribution in [0.5, 0.6) is 0 Å². The van der Waals surface area contributed by atoms with E-state index in [9.17, 15) is 4.79 Å². The molecule has 0 aromatic heterocycles. The van der Waals surface area contributed by atoms with Gasteiger partial charge in [-0.2, -0.15) is 0 Å². The molecule has 1 N–H and O–H groups in total. The first-order valence-corrected chi connectivity index (χ1v) is 4.72. The van der Waals surface area contributed by atoms with Gasteiger partial charge in [0.05, 0.1) is 0 Å². The lowest BCUT2D eigenvalue weighted by Gasteiger charge is -2.38. The Morgan fingerprint density at radius 2 is 2.00 bits per heavy atom. The Bertz CT molecular complexity index is 165. The molecule has 0 amide bonds. The molecular formula is C9H18N2O2. The molecule has 0 aromatic carbocycles. The van der Waals surface area contributed by atoms with Crippen LogP contribution in [0.15, 0.2) is 0 Å². The van der Waals surface area contributed by atoms with Crippen molar-refractivity contribution < 1.29 is 9.53 Å². The summed E-state index contributed by atoms with van der Waals surface area (Å²) in [6.07, 6.45) is -0.107. The molecular weight excluding hydrogens is 168 g/mol. The lowest BCUT2D eigenvalue weighted by molar-refractivity contribution is -0.143. The number of hydrogen-bond acceptors (Lipinski definition) is 4. The van der Waals surface area contributed by atoms with Crippen molar-refractivity contribution in [2.75, 3.05) is 13.1 Å². The maximum atomic E-state index is 10.2. The van der Waals surface area contributed by atoms with Crippen molar-refractivity contribution in [3.05, 3.63) is 0 Å². The normalized spacial score (nSPS) is 32.5. The molecule has 0 saturated carbocycles. The van der Waals surface area contributed by atoms with Crippen LogP contribution in [0.4, 0.5) is 0 Å². The molecule has 1 aliphatic rings. The molecule has 1 rings (SSSR count). The molecule has 1 aliphatic heterocycles. The Balaban J connectivity index is 2.44. The van der Waals surface area contributed by atoms with Gasteiger partial charge >= 0.3 is 0 Å². The van der Waals surface area contributed by atoms with E-state index in [4.69, 9.17) is 4.74 Å². The molecule has 3 atom stereocenters. The fourth-order valence-corrected chi connectivity index (χ4v) is 1.83. The van der Waals surface area contributed by atoms with Crippen molar-refractivity contribution in [2.24, 2.45) is 0 Å². The van der Waals surface area contributed by atoms with Crippen LogP contribution < -0.4 is 5.32 Å². The number of nitrogens with one attached hydrogen (secondary N) is 1. The van der Waals surface area contributed by atoms with Gasteiger partial charge in [0, 0.05) is 25.2 Å². The quantitative estimate of drug-likeness (QED) is 0.639. The minimum absolute atomic E-state index is 0.107. The number of hydrogen-bond donors (Lipinski definition) is 1. The number of carbonyl (C=O) groups is 1. The predicted octanol–water partition coefficient (Wildman–Crippen LogP) is 0.188. The van der Waals surface area contributed by atoms with Gasteiger partial charge in [0.2, 0.25) is 0 Å². The summed E-state index contributed by atoms with van der Waals surface area (Å²) in [6.45, 7) is 8.55. The summed E-state index contributed by atoms with van der Waals surface area (Å²) in [5, 5.41) is 3.42. The zero-order chi connectivity index (χ0) is 9.84. The maximum Gasteiger partial charge on any atom is 0.294 e. The van der Waals surface area contributed by atoms with Gasteiger partial charge in [0.15, 0.2) is 6.23 Å². The molecule has 4 heteroatoms. The van der Waals surface area contributed by atoms with Gasteiger partial charge in [0.1, 0.15) is 0 Å². The topological polar surface area (TPSA) is 41.6 Å². The number of piperazine rings is 1. The Morgan fingerprint density at radius 1 is 1.46 bits per heavy atom. The highest BCUT2D eigenvalue weighted by Crippen LogP contribution is 2.08. The number of rotatable bonds is 3. The summed E-state index contributed by atoms with van der Waals surface area (Å²) in [5.74, 6) is 0. The zero-order valence-corrected chi connectivity index (χ0v) is 8.49.